The summed E-state index contributed by atoms with van der Waals surface area (Å²) in [5, 5.41) is 4.13. The monoisotopic (exact) mass is 251 g/mol. The van der Waals surface area contributed by atoms with Crippen LogP contribution >= 0.6 is 11.3 Å². The van der Waals surface area contributed by atoms with E-state index >= 15 is 0 Å². The van der Waals surface area contributed by atoms with Crippen molar-refractivity contribution in [2.75, 3.05) is 5.32 Å². The van der Waals surface area contributed by atoms with Gasteiger partial charge in [0.05, 0.1) is 11.9 Å². The number of aromatic nitrogens is 2. The molecule has 0 aromatic carbocycles. The van der Waals surface area contributed by atoms with E-state index in [9.17, 15) is 4.39 Å². The van der Waals surface area contributed by atoms with Crippen LogP contribution in [0.25, 0.3) is 11.4 Å². The second-order valence-corrected chi connectivity index (χ2v) is 5.29. The lowest BCUT2D eigenvalue weighted by atomic mass is 10.2. The topological polar surface area (TPSA) is 37.8 Å². The molecule has 0 bridgehead atoms. The Morgan fingerprint density at radius 3 is 2.71 bits per heavy atom. The maximum Gasteiger partial charge on any atom is 0.183 e. The minimum Gasteiger partial charge on any atom is -0.359 e. The molecule has 0 aliphatic rings. The number of aryl methyl sites for hydroxylation is 1. The van der Waals surface area contributed by atoms with Gasteiger partial charge in [-0.25, -0.2) is 9.37 Å². The number of pyridine rings is 1. The second-order valence-electron chi connectivity index (χ2n) is 4.08. The predicted octanol–water partition coefficient (Wildman–Crippen LogP) is 3.47. The molecule has 0 unspecified atom stereocenters. The lowest BCUT2D eigenvalue weighted by molar-refractivity contribution is 0.622. The number of thiazole rings is 1. The Morgan fingerprint density at radius 1 is 1.35 bits per heavy atom. The molecule has 0 aliphatic carbocycles. The molecule has 2 aromatic rings. The molecule has 0 radical (unpaired) electrons. The molecule has 1 N–H and O–H groups in total. The summed E-state index contributed by atoms with van der Waals surface area (Å²) in [5.74, 6) is -0.331. The fourth-order valence-electron chi connectivity index (χ4n) is 1.46. The van der Waals surface area contributed by atoms with Crippen molar-refractivity contribution < 1.29 is 4.39 Å². The number of halogens is 1. The Kier molecular flexibility index (Phi) is 3.38. The Labute approximate surface area is 104 Å². The first-order chi connectivity index (χ1) is 8.06. The molecule has 5 heteroatoms. The highest BCUT2D eigenvalue weighted by Gasteiger charge is 2.11. The van der Waals surface area contributed by atoms with Gasteiger partial charge in [0.25, 0.3) is 0 Å². The lowest BCUT2D eigenvalue weighted by Gasteiger charge is -2.04. The molecule has 2 heterocycles. The van der Waals surface area contributed by atoms with Gasteiger partial charge in [-0.05, 0) is 32.9 Å². The molecule has 0 spiro atoms. The molecular weight excluding hydrogens is 237 g/mol. The van der Waals surface area contributed by atoms with E-state index in [1.807, 2.05) is 6.92 Å². The van der Waals surface area contributed by atoms with Crippen LogP contribution in [0.5, 0.6) is 0 Å². The van der Waals surface area contributed by atoms with Crippen LogP contribution in [0.2, 0.25) is 0 Å². The molecule has 0 atom stereocenters. The van der Waals surface area contributed by atoms with Crippen molar-refractivity contribution in [3.63, 3.8) is 0 Å². The van der Waals surface area contributed by atoms with E-state index in [0.717, 1.165) is 15.7 Å². The molecule has 0 amide bonds. The van der Waals surface area contributed by atoms with Crippen LogP contribution in [0, 0.1) is 12.7 Å². The van der Waals surface area contributed by atoms with Crippen molar-refractivity contribution in [1.82, 2.24) is 9.97 Å². The van der Waals surface area contributed by atoms with Crippen molar-refractivity contribution in [2.24, 2.45) is 0 Å². The van der Waals surface area contributed by atoms with Crippen LogP contribution in [-0.4, -0.2) is 16.0 Å². The van der Waals surface area contributed by atoms with Gasteiger partial charge >= 0.3 is 0 Å². The van der Waals surface area contributed by atoms with Gasteiger partial charge in [0.2, 0.25) is 0 Å². The van der Waals surface area contributed by atoms with Gasteiger partial charge in [0, 0.05) is 10.9 Å². The molecule has 2 aromatic heterocycles. The first kappa shape index (κ1) is 12.0. The fourth-order valence-corrected chi connectivity index (χ4v) is 2.43. The molecule has 2 rings (SSSR count). The van der Waals surface area contributed by atoms with Crippen LogP contribution < -0.4 is 5.32 Å². The van der Waals surface area contributed by atoms with E-state index in [-0.39, 0.29) is 5.82 Å². The summed E-state index contributed by atoms with van der Waals surface area (Å²) in [5.41, 5.74) is 1.52. The van der Waals surface area contributed by atoms with Gasteiger partial charge in [-0.1, -0.05) is 0 Å². The predicted molar refractivity (Wildman–Crippen MR) is 68.8 cm³/mol. The van der Waals surface area contributed by atoms with Gasteiger partial charge in [0.1, 0.15) is 11.5 Å². The molecule has 90 valence electrons. The quantitative estimate of drug-likeness (QED) is 0.907. The minimum atomic E-state index is -0.331. The standard InChI is InChI=1S/C12H14FN3S/c1-7(2)15-12-16-11(8(3)17-12)10-5-4-9(13)6-14-10/h4-7H,1-3H3,(H,15,16). The minimum absolute atomic E-state index is 0.331. The SMILES string of the molecule is Cc1sc(NC(C)C)nc1-c1ccc(F)cn1. The summed E-state index contributed by atoms with van der Waals surface area (Å²) in [7, 11) is 0. The van der Waals surface area contributed by atoms with Crippen molar-refractivity contribution in [2.45, 2.75) is 26.8 Å². The molecule has 0 saturated carbocycles. The zero-order chi connectivity index (χ0) is 12.4. The van der Waals surface area contributed by atoms with Crippen LogP contribution in [0.15, 0.2) is 18.3 Å². The lowest BCUT2D eigenvalue weighted by Crippen LogP contribution is -2.09. The smallest absolute Gasteiger partial charge is 0.183 e. The molecule has 0 aliphatic heterocycles. The average molecular weight is 251 g/mol. The summed E-state index contributed by atoms with van der Waals surface area (Å²) in [6.45, 7) is 6.11. The fraction of sp³-hybridized carbons (Fsp3) is 0.333. The molecule has 0 fully saturated rings. The van der Waals surface area contributed by atoms with Crippen LogP contribution in [0.3, 0.4) is 0 Å². The van der Waals surface area contributed by atoms with Crippen molar-refractivity contribution in [1.29, 1.82) is 0 Å². The highest BCUT2D eigenvalue weighted by molar-refractivity contribution is 7.16. The van der Waals surface area contributed by atoms with Gasteiger partial charge < -0.3 is 5.32 Å². The van der Waals surface area contributed by atoms with E-state index in [0.29, 0.717) is 11.7 Å². The first-order valence-electron chi connectivity index (χ1n) is 5.42. The van der Waals surface area contributed by atoms with Crippen LogP contribution in [-0.2, 0) is 0 Å². The third-order valence-electron chi connectivity index (χ3n) is 2.18. The maximum atomic E-state index is 12.8. The van der Waals surface area contributed by atoms with Crippen LogP contribution in [0.1, 0.15) is 18.7 Å². The molecule has 0 saturated heterocycles. The second kappa shape index (κ2) is 4.79. The third-order valence-corrected chi connectivity index (χ3v) is 3.08. The van der Waals surface area contributed by atoms with E-state index in [2.05, 4.69) is 29.1 Å². The van der Waals surface area contributed by atoms with Gasteiger partial charge in [-0.3, -0.25) is 4.98 Å². The van der Waals surface area contributed by atoms with Crippen molar-refractivity contribution in [3.05, 3.63) is 29.0 Å². The van der Waals surface area contributed by atoms with E-state index in [4.69, 9.17) is 0 Å². The van der Waals surface area contributed by atoms with Gasteiger partial charge in [0.15, 0.2) is 5.13 Å². The first-order valence-corrected chi connectivity index (χ1v) is 6.24. The van der Waals surface area contributed by atoms with Crippen molar-refractivity contribution in [3.8, 4) is 11.4 Å². The number of hydrogen-bond donors (Lipinski definition) is 1. The number of rotatable bonds is 3. The molecule has 3 nitrogen and oxygen atoms in total. The Hall–Kier alpha value is -1.49. The highest BCUT2D eigenvalue weighted by Crippen LogP contribution is 2.29. The largest absolute Gasteiger partial charge is 0.359 e. The summed E-state index contributed by atoms with van der Waals surface area (Å²) in [6.07, 6.45) is 1.21. The summed E-state index contributed by atoms with van der Waals surface area (Å²) in [6, 6.07) is 3.39. The average Bonchev–Trinajstić information content (AvgIpc) is 2.59. The van der Waals surface area contributed by atoms with Crippen LogP contribution in [0.4, 0.5) is 9.52 Å². The summed E-state index contributed by atoms with van der Waals surface area (Å²) < 4.78 is 12.8. The zero-order valence-corrected chi connectivity index (χ0v) is 10.8. The Bertz CT molecular complexity index is 505. The maximum absolute atomic E-state index is 12.8. The number of hydrogen-bond acceptors (Lipinski definition) is 4. The normalized spacial score (nSPS) is 10.9. The molecule has 17 heavy (non-hydrogen) atoms. The summed E-state index contributed by atoms with van der Waals surface area (Å²) >= 11 is 1.59. The van der Waals surface area contributed by atoms with E-state index in [1.54, 1.807) is 17.4 Å². The summed E-state index contributed by atoms with van der Waals surface area (Å²) in [4.78, 5) is 9.59. The zero-order valence-electron chi connectivity index (χ0n) is 9.99. The molecular formula is C12H14FN3S. The van der Waals surface area contributed by atoms with E-state index in [1.165, 1.54) is 12.3 Å². The van der Waals surface area contributed by atoms with Gasteiger partial charge in [-0.2, -0.15) is 0 Å². The third kappa shape index (κ3) is 2.79. The van der Waals surface area contributed by atoms with Gasteiger partial charge in [-0.15, -0.1) is 11.3 Å². The van der Waals surface area contributed by atoms with E-state index < -0.39 is 0 Å². The number of anilines is 1. The highest BCUT2D eigenvalue weighted by atomic mass is 32.1. The Morgan fingerprint density at radius 2 is 2.12 bits per heavy atom. The number of nitrogens with zero attached hydrogens (tertiary/aromatic N) is 2. The Balaban J connectivity index is 2.32. The van der Waals surface area contributed by atoms with Crippen molar-refractivity contribution >= 4 is 16.5 Å². The number of nitrogens with one attached hydrogen (secondary N) is 1.